The molecule has 140 valence electrons. The number of carbonyl (C=O) groups is 1. The van der Waals surface area contributed by atoms with Crippen molar-refractivity contribution in [3.8, 4) is 0 Å². The van der Waals surface area contributed by atoms with Gasteiger partial charge < -0.3 is 4.57 Å². The van der Waals surface area contributed by atoms with Gasteiger partial charge >= 0.3 is 0 Å². The van der Waals surface area contributed by atoms with Crippen molar-refractivity contribution < 1.29 is 4.79 Å². The first-order valence-electron chi connectivity index (χ1n) is 9.72. The number of aromatic nitrogens is 3. The van der Waals surface area contributed by atoms with Crippen LogP contribution in [-0.2, 0) is 24.1 Å². The van der Waals surface area contributed by atoms with Crippen LogP contribution in [0.1, 0.15) is 69.2 Å². The van der Waals surface area contributed by atoms with Gasteiger partial charge in [-0.1, -0.05) is 43.6 Å². The Morgan fingerprint density at radius 1 is 1.12 bits per heavy atom. The third-order valence-corrected chi connectivity index (χ3v) is 5.32. The fourth-order valence-electron chi connectivity index (χ4n) is 3.23. The molecular formula is C21H28ClN3O. The number of halogens is 1. The number of hydrogen-bond acceptors (Lipinski definition) is 3. The van der Waals surface area contributed by atoms with Gasteiger partial charge in [-0.15, -0.1) is 10.2 Å². The standard InChI is InChI=1S/C21H28ClN3O/c1-15(2)7-13-20-23-24-21(25(20)17-9-10-17)14-12-18(26)11-8-16-5-3-4-6-19(16)22/h3-6,15,17H,7-14H2,1-2H3. The summed E-state index contributed by atoms with van der Waals surface area (Å²) in [6.45, 7) is 4.47. The third-order valence-electron chi connectivity index (χ3n) is 4.95. The van der Waals surface area contributed by atoms with Gasteiger partial charge in [0.05, 0.1) is 0 Å². The predicted octanol–water partition coefficient (Wildman–Crippen LogP) is 4.99. The quantitative estimate of drug-likeness (QED) is 0.589. The zero-order chi connectivity index (χ0) is 18.5. The molecular weight excluding hydrogens is 346 g/mol. The second-order valence-electron chi connectivity index (χ2n) is 7.70. The van der Waals surface area contributed by atoms with Crippen LogP contribution in [0.5, 0.6) is 0 Å². The number of nitrogens with zero attached hydrogens (tertiary/aromatic N) is 3. The van der Waals surface area contributed by atoms with Crippen molar-refractivity contribution in [2.24, 2.45) is 5.92 Å². The number of aryl methyl sites for hydroxylation is 3. The number of ketones is 1. The van der Waals surface area contributed by atoms with E-state index in [-0.39, 0.29) is 5.78 Å². The second kappa shape index (κ2) is 8.81. The van der Waals surface area contributed by atoms with E-state index in [1.165, 1.54) is 12.8 Å². The van der Waals surface area contributed by atoms with Crippen LogP contribution < -0.4 is 0 Å². The molecule has 0 saturated heterocycles. The molecule has 3 rings (SSSR count). The molecule has 0 N–H and O–H groups in total. The van der Waals surface area contributed by atoms with Crippen molar-refractivity contribution in [1.82, 2.24) is 14.8 Å². The Morgan fingerprint density at radius 3 is 2.42 bits per heavy atom. The van der Waals surface area contributed by atoms with Gasteiger partial charge in [0, 0.05) is 36.7 Å². The zero-order valence-electron chi connectivity index (χ0n) is 15.7. The highest BCUT2D eigenvalue weighted by atomic mass is 35.5. The molecule has 1 saturated carbocycles. The minimum Gasteiger partial charge on any atom is -0.312 e. The topological polar surface area (TPSA) is 47.8 Å². The third kappa shape index (κ3) is 5.16. The minimum absolute atomic E-state index is 0.263. The van der Waals surface area contributed by atoms with Crippen LogP contribution in [0.3, 0.4) is 0 Å². The molecule has 1 aliphatic rings. The molecule has 0 unspecified atom stereocenters. The van der Waals surface area contributed by atoms with Crippen LogP contribution in [0.2, 0.25) is 5.02 Å². The molecule has 1 aromatic heterocycles. The molecule has 2 aromatic rings. The average molecular weight is 374 g/mol. The highest BCUT2D eigenvalue weighted by Crippen LogP contribution is 2.37. The maximum Gasteiger partial charge on any atom is 0.133 e. The van der Waals surface area contributed by atoms with Gasteiger partial charge in [0.1, 0.15) is 17.4 Å². The summed E-state index contributed by atoms with van der Waals surface area (Å²) in [5, 5.41) is 9.56. The fourth-order valence-corrected chi connectivity index (χ4v) is 3.46. The van der Waals surface area contributed by atoms with E-state index >= 15 is 0 Å². The maximum atomic E-state index is 12.3. The smallest absolute Gasteiger partial charge is 0.133 e. The number of rotatable bonds is 10. The summed E-state index contributed by atoms with van der Waals surface area (Å²) in [5.74, 6) is 3.00. The van der Waals surface area contributed by atoms with Crippen molar-refractivity contribution in [2.45, 2.75) is 71.3 Å². The fraction of sp³-hybridized carbons (Fsp3) is 0.571. The van der Waals surface area contributed by atoms with Gasteiger partial charge in [0.25, 0.3) is 0 Å². The molecule has 26 heavy (non-hydrogen) atoms. The monoisotopic (exact) mass is 373 g/mol. The summed E-state index contributed by atoms with van der Waals surface area (Å²) in [6, 6.07) is 8.29. The molecule has 5 heteroatoms. The van der Waals surface area contributed by atoms with Crippen LogP contribution >= 0.6 is 11.6 Å². The molecule has 1 aliphatic carbocycles. The van der Waals surface area contributed by atoms with E-state index in [1.807, 2.05) is 24.3 Å². The van der Waals surface area contributed by atoms with E-state index in [1.54, 1.807) is 0 Å². The number of carbonyl (C=O) groups excluding carboxylic acids is 1. The van der Waals surface area contributed by atoms with Crippen LogP contribution in [0.25, 0.3) is 0 Å². The number of hydrogen-bond donors (Lipinski definition) is 0. The Morgan fingerprint density at radius 2 is 1.77 bits per heavy atom. The molecule has 0 radical (unpaired) electrons. The summed E-state index contributed by atoms with van der Waals surface area (Å²) in [7, 11) is 0. The molecule has 1 heterocycles. The number of benzene rings is 1. The van der Waals surface area contributed by atoms with Crippen molar-refractivity contribution in [2.75, 3.05) is 0 Å². The normalized spacial score (nSPS) is 14.2. The van der Waals surface area contributed by atoms with Gasteiger partial charge in [0.2, 0.25) is 0 Å². The van der Waals surface area contributed by atoms with Crippen LogP contribution in [0, 0.1) is 5.92 Å². The SMILES string of the molecule is CC(C)CCc1nnc(CCC(=O)CCc2ccccc2Cl)n1C1CC1. The minimum atomic E-state index is 0.263. The first-order valence-corrected chi connectivity index (χ1v) is 10.1. The molecule has 1 aromatic carbocycles. The molecule has 0 spiro atoms. The Hall–Kier alpha value is -1.68. The largest absolute Gasteiger partial charge is 0.312 e. The lowest BCUT2D eigenvalue weighted by molar-refractivity contribution is -0.119. The molecule has 4 nitrogen and oxygen atoms in total. The van der Waals surface area contributed by atoms with Gasteiger partial charge in [0.15, 0.2) is 0 Å². The number of Topliss-reactive ketones (excluding diaryl/α,β-unsaturated/α-hetero) is 1. The molecule has 1 fully saturated rings. The summed E-state index contributed by atoms with van der Waals surface area (Å²) in [5.41, 5.74) is 1.04. The van der Waals surface area contributed by atoms with E-state index in [0.29, 0.717) is 37.6 Å². The summed E-state index contributed by atoms with van der Waals surface area (Å²) in [6.07, 6.45) is 6.96. The van der Waals surface area contributed by atoms with Crippen LogP contribution in [-0.4, -0.2) is 20.5 Å². The van der Waals surface area contributed by atoms with Gasteiger partial charge in [-0.2, -0.15) is 0 Å². The molecule has 0 bridgehead atoms. The lowest BCUT2D eigenvalue weighted by Crippen LogP contribution is -2.10. The molecule has 0 atom stereocenters. The highest BCUT2D eigenvalue weighted by molar-refractivity contribution is 6.31. The molecule has 0 aliphatic heterocycles. The van der Waals surface area contributed by atoms with E-state index in [0.717, 1.165) is 35.1 Å². The Bertz CT molecular complexity index is 749. The van der Waals surface area contributed by atoms with E-state index < -0.39 is 0 Å². The van der Waals surface area contributed by atoms with E-state index in [9.17, 15) is 4.79 Å². The van der Waals surface area contributed by atoms with Crippen LogP contribution in [0.4, 0.5) is 0 Å². The van der Waals surface area contributed by atoms with Crippen molar-refractivity contribution in [3.63, 3.8) is 0 Å². The lowest BCUT2D eigenvalue weighted by Gasteiger charge is -2.10. The van der Waals surface area contributed by atoms with Crippen molar-refractivity contribution in [3.05, 3.63) is 46.5 Å². The zero-order valence-corrected chi connectivity index (χ0v) is 16.5. The lowest BCUT2D eigenvalue weighted by atomic mass is 10.0. The summed E-state index contributed by atoms with van der Waals surface area (Å²) in [4.78, 5) is 12.3. The van der Waals surface area contributed by atoms with Gasteiger partial charge in [-0.25, -0.2) is 0 Å². The van der Waals surface area contributed by atoms with Crippen molar-refractivity contribution >= 4 is 17.4 Å². The average Bonchev–Trinajstić information content (AvgIpc) is 3.37. The van der Waals surface area contributed by atoms with E-state index in [2.05, 4.69) is 28.6 Å². The Labute approximate surface area is 161 Å². The summed E-state index contributed by atoms with van der Waals surface area (Å²) >= 11 is 6.16. The highest BCUT2D eigenvalue weighted by Gasteiger charge is 2.29. The first-order chi connectivity index (χ1) is 12.5. The van der Waals surface area contributed by atoms with Crippen LogP contribution in [0.15, 0.2) is 24.3 Å². The Balaban J connectivity index is 1.54. The first kappa shape index (κ1) is 19.1. The van der Waals surface area contributed by atoms with Crippen molar-refractivity contribution in [1.29, 1.82) is 0 Å². The second-order valence-corrected chi connectivity index (χ2v) is 8.10. The predicted molar refractivity (Wildman–Crippen MR) is 105 cm³/mol. The van der Waals surface area contributed by atoms with Gasteiger partial charge in [-0.3, -0.25) is 4.79 Å². The molecule has 0 amide bonds. The van der Waals surface area contributed by atoms with E-state index in [4.69, 9.17) is 11.6 Å². The maximum absolute atomic E-state index is 12.3. The van der Waals surface area contributed by atoms with Gasteiger partial charge in [-0.05, 0) is 43.2 Å². The Kier molecular flexibility index (Phi) is 6.47. The summed E-state index contributed by atoms with van der Waals surface area (Å²) < 4.78 is 2.31.